The van der Waals surface area contributed by atoms with Crippen molar-refractivity contribution in [3.8, 4) is 0 Å². The first-order valence-electron chi connectivity index (χ1n) is 9.26. The Balaban J connectivity index is 1.54. The summed E-state index contributed by atoms with van der Waals surface area (Å²) in [5, 5.41) is 15.3. The number of fused-ring (bicyclic) bond motifs is 1. The molecule has 1 amide bonds. The summed E-state index contributed by atoms with van der Waals surface area (Å²) < 4.78 is 5.42. The zero-order valence-electron chi connectivity index (χ0n) is 14.7. The molecule has 0 bridgehead atoms. The first-order valence-corrected chi connectivity index (χ1v) is 9.26. The Hall–Kier alpha value is -1.85. The van der Waals surface area contributed by atoms with Crippen LogP contribution in [-0.2, 0) is 21.6 Å². The highest BCUT2D eigenvalue weighted by molar-refractivity contribution is 5.87. The van der Waals surface area contributed by atoms with Crippen molar-refractivity contribution in [2.45, 2.75) is 38.2 Å². The number of aromatic amines is 1. The van der Waals surface area contributed by atoms with Gasteiger partial charge in [0.15, 0.2) is 0 Å². The Morgan fingerprint density at radius 3 is 2.88 bits per heavy atom. The Bertz CT molecular complexity index is 776. The molecule has 1 saturated carbocycles. The van der Waals surface area contributed by atoms with Crippen molar-refractivity contribution in [3.63, 3.8) is 0 Å². The van der Waals surface area contributed by atoms with Gasteiger partial charge in [-0.1, -0.05) is 19.1 Å². The van der Waals surface area contributed by atoms with E-state index in [1.165, 1.54) is 0 Å². The van der Waals surface area contributed by atoms with E-state index < -0.39 is 5.60 Å². The molecular weight excluding hydrogens is 316 g/mol. The van der Waals surface area contributed by atoms with Crippen LogP contribution >= 0.6 is 0 Å². The number of amides is 1. The van der Waals surface area contributed by atoms with Gasteiger partial charge in [-0.15, -0.1) is 0 Å². The van der Waals surface area contributed by atoms with Crippen LogP contribution in [0.3, 0.4) is 0 Å². The molecule has 2 heterocycles. The van der Waals surface area contributed by atoms with E-state index in [1.807, 2.05) is 24.4 Å². The highest BCUT2D eigenvalue weighted by atomic mass is 16.5. The molecule has 0 unspecified atom stereocenters. The molecule has 134 valence electrons. The number of H-pyrrole nitrogens is 1. The van der Waals surface area contributed by atoms with Crippen molar-refractivity contribution >= 4 is 16.8 Å². The van der Waals surface area contributed by atoms with Crippen LogP contribution in [0.2, 0.25) is 0 Å². The van der Waals surface area contributed by atoms with Gasteiger partial charge in [-0.25, -0.2) is 0 Å². The van der Waals surface area contributed by atoms with E-state index in [0.717, 1.165) is 34.9 Å². The molecule has 1 aliphatic heterocycles. The van der Waals surface area contributed by atoms with Crippen LogP contribution in [0.1, 0.15) is 37.3 Å². The normalized spacial score (nSPS) is 25.0. The topological polar surface area (TPSA) is 74.4 Å². The number of carbonyl (C=O) groups excluding carboxylic acids is 1. The van der Waals surface area contributed by atoms with Gasteiger partial charge >= 0.3 is 0 Å². The fourth-order valence-electron chi connectivity index (χ4n) is 3.96. The lowest BCUT2D eigenvalue weighted by molar-refractivity contribution is -0.122. The molecule has 1 aromatic carbocycles. The number of aliphatic hydroxyl groups is 1. The molecule has 4 rings (SSSR count). The minimum absolute atomic E-state index is 0.177. The molecule has 3 N–H and O–H groups in total. The van der Waals surface area contributed by atoms with Crippen LogP contribution < -0.4 is 5.32 Å². The number of nitrogens with one attached hydrogen (secondary N) is 2. The number of ether oxygens (including phenoxy) is 1. The summed E-state index contributed by atoms with van der Waals surface area (Å²) in [5.74, 6) is 0.916. The molecule has 1 aromatic heterocycles. The summed E-state index contributed by atoms with van der Waals surface area (Å²) in [6.45, 7) is 3.92. The maximum atomic E-state index is 12.0. The number of benzene rings is 1. The second-order valence-electron chi connectivity index (χ2n) is 7.55. The van der Waals surface area contributed by atoms with Crippen LogP contribution in [-0.4, -0.2) is 35.8 Å². The standard InChI is InChI=1S/C20H26N2O3/c1-13-11-15(13)19(23)21-8-5-14-12-22-17-4-2-3-16(18(14)17)20(24)6-9-25-10-7-20/h2-4,12-13,15,22,24H,5-11H2,1H3,(H,21,23)/t13-,15-/m1/s1. The lowest BCUT2D eigenvalue weighted by Gasteiger charge is -2.33. The lowest BCUT2D eigenvalue weighted by atomic mass is 9.83. The van der Waals surface area contributed by atoms with Crippen molar-refractivity contribution in [2.24, 2.45) is 11.8 Å². The molecule has 2 aliphatic rings. The number of carbonyl (C=O) groups is 1. The summed E-state index contributed by atoms with van der Waals surface area (Å²) in [6, 6.07) is 6.05. The average molecular weight is 342 g/mol. The third-order valence-electron chi connectivity index (χ3n) is 5.75. The summed E-state index contributed by atoms with van der Waals surface area (Å²) in [6.07, 6.45) is 5.01. The summed E-state index contributed by atoms with van der Waals surface area (Å²) in [5.41, 5.74) is 2.33. The van der Waals surface area contributed by atoms with Crippen molar-refractivity contribution < 1.29 is 14.6 Å². The van der Waals surface area contributed by atoms with E-state index >= 15 is 0 Å². The van der Waals surface area contributed by atoms with Gasteiger partial charge in [0.2, 0.25) is 5.91 Å². The first kappa shape index (κ1) is 16.6. The van der Waals surface area contributed by atoms with E-state index in [2.05, 4.69) is 17.2 Å². The van der Waals surface area contributed by atoms with Gasteiger partial charge in [-0.3, -0.25) is 4.79 Å². The molecule has 2 aromatic rings. The van der Waals surface area contributed by atoms with Crippen LogP contribution in [0.5, 0.6) is 0 Å². The zero-order chi connectivity index (χ0) is 17.4. The highest BCUT2D eigenvalue weighted by Gasteiger charge is 2.38. The van der Waals surface area contributed by atoms with Gasteiger partial charge in [0.05, 0.1) is 5.60 Å². The van der Waals surface area contributed by atoms with Crippen molar-refractivity contribution in [3.05, 3.63) is 35.5 Å². The largest absolute Gasteiger partial charge is 0.385 e. The number of aromatic nitrogens is 1. The van der Waals surface area contributed by atoms with Crippen LogP contribution in [0, 0.1) is 11.8 Å². The maximum Gasteiger partial charge on any atom is 0.223 e. The van der Waals surface area contributed by atoms with Gasteiger partial charge in [-0.2, -0.15) is 0 Å². The smallest absolute Gasteiger partial charge is 0.223 e. The van der Waals surface area contributed by atoms with Gasteiger partial charge < -0.3 is 20.1 Å². The van der Waals surface area contributed by atoms with Gasteiger partial charge in [0.25, 0.3) is 0 Å². The fraction of sp³-hybridized carbons (Fsp3) is 0.550. The zero-order valence-corrected chi connectivity index (χ0v) is 14.7. The first-order chi connectivity index (χ1) is 12.1. The van der Waals surface area contributed by atoms with E-state index in [1.54, 1.807) is 0 Å². The van der Waals surface area contributed by atoms with Crippen molar-refractivity contribution in [2.75, 3.05) is 19.8 Å². The predicted octanol–water partition coefficient (Wildman–Crippen LogP) is 2.48. The Labute approximate surface area is 147 Å². The summed E-state index contributed by atoms with van der Waals surface area (Å²) in [4.78, 5) is 15.3. The monoisotopic (exact) mass is 342 g/mol. The van der Waals surface area contributed by atoms with E-state index in [4.69, 9.17) is 4.74 Å². The molecule has 5 heteroatoms. The lowest BCUT2D eigenvalue weighted by Crippen LogP contribution is -2.33. The Morgan fingerprint density at radius 2 is 2.16 bits per heavy atom. The summed E-state index contributed by atoms with van der Waals surface area (Å²) in [7, 11) is 0. The average Bonchev–Trinajstić information content (AvgIpc) is 3.21. The third kappa shape index (κ3) is 3.18. The van der Waals surface area contributed by atoms with Crippen LogP contribution in [0.4, 0.5) is 0 Å². The minimum atomic E-state index is -0.832. The molecule has 2 atom stereocenters. The quantitative estimate of drug-likeness (QED) is 0.781. The molecule has 25 heavy (non-hydrogen) atoms. The predicted molar refractivity (Wildman–Crippen MR) is 96.2 cm³/mol. The molecule has 1 aliphatic carbocycles. The second-order valence-corrected chi connectivity index (χ2v) is 7.55. The van der Waals surface area contributed by atoms with Crippen LogP contribution in [0.25, 0.3) is 10.9 Å². The minimum Gasteiger partial charge on any atom is -0.385 e. The Kier molecular flexibility index (Phi) is 4.29. The SMILES string of the molecule is C[C@@H]1C[C@H]1C(=O)NCCc1c[nH]c2cccc(C3(O)CCOCC3)c12. The highest BCUT2D eigenvalue weighted by Crippen LogP contribution is 2.38. The van der Waals surface area contributed by atoms with Crippen LogP contribution in [0.15, 0.2) is 24.4 Å². The Morgan fingerprint density at radius 1 is 1.40 bits per heavy atom. The number of hydrogen-bond donors (Lipinski definition) is 3. The van der Waals surface area contributed by atoms with E-state index in [0.29, 0.717) is 38.5 Å². The molecule has 2 fully saturated rings. The second kappa shape index (κ2) is 6.46. The third-order valence-corrected chi connectivity index (χ3v) is 5.75. The molecule has 5 nitrogen and oxygen atoms in total. The molecule has 1 saturated heterocycles. The number of hydrogen-bond acceptors (Lipinski definition) is 3. The fourth-order valence-corrected chi connectivity index (χ4v) is 3.96. The number of rotatable bonds is 5. The molecule has 0 spiro atoms. The molecular formula is C20H26N2O3. The summed E-state index contributed by atoms with van der Waals surface area (Å²) >= 11 is 0. The van der Waals surface area contributed by atoms with Gasteiger partial charge in [0.1, 0.15) is 0 Å². The van der Waals surface area contributed by atoms with Gasteiger partial charge in [-0.05, 0) is 36.0 Å². The van der Waals surface area contributed by atoms with Crippen molar-refractivity contribution in [1.82, 2.24) is 10.3 Å². The van der Waals surface area contributed by atoms with E-state index in [9.17, 15) is 9.90 Å². The molecule has 0 radical (unpaired) electrons. The van der Waals surface area contributed by atoms with Gasteiger partial charge in [0, 0.05) is 55.6 Å². The van der Waals surface area contributed by atoms with E-state index in [-0.39, 0.29) is 11.8 Å². The maximum absolute atomic E-state index is 12.0. The van der Waals surface area contributed by atoms with Crippen molar-refractivity contribution in [1.29, 1.82) is 0 Å².